The first-order valence-corrected chi connectivity index (χ1v) is 10.8. The van der Waals surface area contributed by atoms with Crippen molar-refractivity contribution in [1.82, 2.24) is 15.3 Å². The van der Waals surface area contributed by atoms with E-state index < -0.39 is 17.4 Å². The average Bonchev–Trinajstić information content (AvgIpc) is 2.87. The zero-order valence-corrected chi connectivity index (χ0v) is 18.9. The third-order valence-electron chi connectivity index (χ3n) is 5.35. The Morgan fingerprint density at radius 2 is 1.80 bits per heavy atom. The lowest BCUT2D eigenvalue weighted by Crippen LogP contribution is -2.27. The zero-order valence-electron chi connectivity index (χ0n) is 18.9. The predicted octanol–water partition coefficient (Wildman–Crippen LogP) is 3.18. The van der Waals surface area contributed by atoms with E-state index in [-0.39, 0.29) is 29.9 Å². The van der Waals surface area contributed by atoms with Crippen LogP contribution in [0.15, 0.2) is 71.5 Å². The minimum Gasteiger partial charge on any atom is -0.497 e. The maximum atomic E-state index is 12.8. The van der Waals surface area contributed by atoms with Gasteiger partial charge in [0.15, 0.2) is 5.82 Å². The van der Waals surface area contributed by atoms with E-state index in [1.54, 1.807) is 43.5 Å². The van der Waals surface area contributed by atoms with Crippen molar-refractivity contribution in [3.05, 3.63) is 99.6 Å². The highest BCUT2D eigenvalue weighted by molar-refractivity contribution is 5.93. The third-order valence-corrected chi connectivity index (χ3v) is 5.35. The first-order valence-electron chi connectivity index (χ1n) is 10.8. The molecule has 1 heterocycles. The van der Waals surface area contributed by atoms with Gasteiger partial charge in [-0.1, -0.05) is 30.3 Å². The van der Waals surface area contributed by atoms with Crippen molar-refractivity contribution >= 4 is 22.8 Å². The molecule has 3 N–H and O–H groups in total. The Labute approximate surface area is 200 Å². The molecule has 0 saturated heterocycles. The SMILES string of the molecule is COc1cccc(CNC(=O)c2nc3cccc(OCCc4ccc(C(=O)O)cc4)c3c(=O)[nH]2)c1. The second-order valence-electron chi connectivity index (χ2n) is 7.70. The van der Waals surface area contributed by atoms with E-state index in [1.165, 1.54) is 12.1 Å². The molecule has 4 aromatic rings. The lowest BCUT2D eigenvalue weighted by molar-refractivity contribution is 0.0696. The molecule has 0 unspecified atom stereocenters. The number of benzene rings is 3. The molecule has 0 aliphatic rings. The quantitative estimate of drug-likeness (QED) is 0.340. The Morgan fingerprint density at radius 3 is 2.54 bits per heavy atom. The van der Waals surface area contributed by atoms with Gasteiger partial charge in [-0.2, -0.15) is 0 Å². The minimum absolute atomic E-state index is 0.0962. The summed E-state index contributed by atoms with van der Waals surface area (Å²) in [7, 11) is 1.57. The minimum atomic E-state index is -0.983. The van der Waals surface area contributed by atoms with Gasteiger partial charge in [0, 0.05) is 13.0 Å². The summed E-state index contributed by atoms with van der Waals surface area (Å²) in [5.41, 5.74) is 1.81. The number of rotatable bonds is 9. The van der Waals surface area contributed by atoms with Crippen molar-refractivity contribution in [2.45, 2.75) is 13.0 Å². The molecule has 0 fully saturated rings. The molecule has 0 saturated carbocycles. The van der Waals surface area contributed by atoms with Crippen molar-refractivity contribution in [3.63, 3.8) is 0 Å². The molecule has 9 heteroatoms. The number of carbonyl (C=O) groups is 2. The standard InChI is InChI=1S/C26H23N3O6/c1-34-19-5-2-4-17(14-19)15-27-25(31)23-28-20-6-3-7-21(22(20)24(30)29-23)35-13-12-16-8-10-18(11-9-16)26(32)33/h2-11,14H,12-13,15H2,1H3,(H,27,31)(H,32,33)(H,28,29,30). The summed E-state index contributed by atoms with van der Waals surface area (Å²) in [6.07, 6.45) is 0.520. The van der Waals surface area contributed by atoms with E-state index in [9.17, 15) is 14.4 Å². The summed E-state index contributed by atoms with van der Waals surface area (Å²) in [5, 5.41) is 12.0. The number of methoxy groups -OCH3 is 1. The Bertz CT molecular complexity index is 1430. The summed E-state index contributed by atoms with van der Waals surface area (Å²) in [5.74, 6) is -0.562. The van der Waals surface area contributed by atoms with Crippen LogP contribution in [0.2, 0.25) is 0 Å². The number of H-pyrrole nitrogens is 1. The van der Waals surface area contributed by atoms with E-state index in [2.05, 4.69) is 15.3 Å². The lowest BCUT2D eigenvalue weighted by atomic mass is 10.1. The number of amides is 1. The second-order valence-corrected chi connectivity index (χ2v) is 7.70. The normalized spacial score (nSPS) is 10.7. The highest BCUT2D eigenvalue weighted by atomic mass is 16.5. The van der Waals surface area contributed by atoms with Crippen LogP contribution in [0, 0.1) is 0 Å². The molecule has 0 aliphatic carbocycles. The summed E-state index contributed by atoms with van der Waals surface area (Å²) >= 11 is 0. The van der Waals surface area contributed by atoms with Gasteiger partial charge >= 0.3 is 5.97 Å². The van der Waals surface area contributed by atoms with Crippen molar-refractivity contribution in [3.8, 4) is 11.5 Å². The average molecular weight is 473 g/mol. The number of fused-ring (bicyclic) bond motifs is 1. The topological polar surface area (TPSA) is 131 Å². The fourth-order valence-corrected chi connectivity index (χ4v) is 3.53. The van der Waals surface area contributed by atoms with E-state index in [0.29, 0.717) is 23.4 Å². The van der Waals surface area contributed by atoms with Crippen molar-refractivity contribution in [1.29, 1.82) is 0 Å². The first-order chi connectivity index (χ1) is 16.9. The van der Waals surface area contributed by atoms with Crippen LogP contribution in [0.3, 0.4) is 0 Å². The number of carbonyl (C=O) groups excluding carboxylic acids is 1. The van der Waals surface area contributed by atoms with Crippen molar-refractivity contribution < 1.29 is 24.2 Å². The van der Waals surface area contributed by atoms with Crippen LogP contribution in [0.4, 0.5) is 0 Å². The van der Waals surface area contributed by atoms with E-state index in [1.807, 2.05) is 18.2 Å². The molecule has 3 aromatic carbocycles. The number of carboxylic acid groups (broad SMARTS) is 1. The van der Waals surface area contributed by atoms with Gasteiger partial charge in [-0.25, -0.2) is 9.78 Å². The zero-order chi connectivity index (χ0) is 24.8. The molecule has 1 amide bonds. The van der Waals surface area contributed by atoms with Crippen molar-refractivity contribution in [2.75, 3.05) is 13.7 Å². The Morgan fingerprint density at radius 1 is 1.03 bits per heavy atom. The number of aromatic amines is 1. The van der Waals surface area contributed by atoms with Gasteiger partial charge < -0.3 is 24.9 Å². The number of nitrogens with one attached hydrogen (secondary N) is 2. The summed E-state index contributed by atoms with van der Waals surface area (Å²) in [4.78, 5) is 43.2. The maximum Gasteiger partial charge on any atom is 0.335 e. The molecule has 0 atom stereocenters. The summed E-state index contributed by atoms with van der Waals surface area (Å²) in [6.45, 7) is 0.516. The monoisotopic (exact) mass is 473 g/mol. The van der Waals surface area contributed by atoms with Gasteiger partial charge in [0.25, 0.3) is 11.5 Å². The van der Waals surface area contributed by atoms with Crippen LogP contribution in [0.1, 0.15) is 32.1 Å². The highest BCUT2D eigenvalue weighted by Gasteiger charge is 2.14. The van der Waals surface area contributed by atoms with Crippen LogP contribution in [-0.4, -0.2) is 40.7 Å². The molecule has 35 heavy (non-hydrogen) atoms. The van der Waals surface area contributed by atoms with Crippen LogP contribution >= 0.6 is 0 Å². The molecule has 0 aliphatic heterocycles. The largest absolute Gasteiger partial charge is 0.497 e. The first kappa shape index (κ1) is 23.5. The highest BCUT2D eigenvalue weighted by Crippen LogP contribution is 2.21. The second kappa shape index (κ2) is 10.5. The number of hydrogen-bond acceptors (Lipinski definition) is 6. The number of nitrogens with zero attached hydrogens (tertiary/aromatic N) is 1. The summed E-state index contributed by atoms with van der Waals surface area (Å²) < 4.78 is 11.0. The van der Waals surface area contributed by atoms with E-state index in [0.717, 1.165) is 11.1 Å². The molecular weight excluding hydrogens is 450 g/mol. The van der Waals surface area contributed by atoms with E-state index >= 15 is 0 Å². The molecule has 0 radical (unpaired) electrons. The van der Waals surface area contributed by atoms with Gasteiger partial charge in [0.05, 0.1) is 24.8 Å². The Balaban J connectivity index is 1.45. The Kier molecular flexibility index (Phi) is 7.06. The molecule has 0 bridgehead atoms. The fraction of sp³-hybridized carbons (Fsp3) is 0.154. The van der Waals surface area contributed by atoms with Crippen LogP contribution in [0.5, 0.6) is 11.5 Å². The number of hydrogen-bond donors (Lipinski definition) is 3. The summed E-state index contributed by atoms with van der Waals surface area (Å²) in [6, 6.07) is 18.8. The number of ether oxygens (including phenoxy) is 2. The van der Waals surface area contributed by atoms with Gasteiger partial charge in [0.1, 0.15) is 16.9 Å². The fourth-order valence-electron chi connectivity index (χ4n) is 3.53. The van der Waals surface area contributed by atoms with Crippen molar-refractivity contribution in [2.24, 2.45) is 0 Å². The van der Waals surface area contributed by atoms with Gasteiger partial charge in [-0.05, 0) is 47.5 Å². The van der Waals surface area contributed by atoms with Gasteiger partial charge in [-0.3, -0.25) is 9.59 Å². The predicted molar refractivity (Wildman–Crippen MR) is 129 cm³/mol. The van der Waals surface area contributed by atoms with Gasteiger partial charge in [-0.15, -0.1) is 0 Å². The van der Waals surface area contributed by atoms with Crippen LogP contribution in [-0.2, 0) is 13.0 Å². The molecular formula is C26H23N3O6. The van der Waals surface area contributed by atoms with Gasteiger partial charge in [0.2, 0.25) is 0 Å². The number of carboxylic acids is 1. The van der Waals surface area contributed by atoms with Crippen LogP contribution < -0.4 is 20.3 Å². The smallest absolute Gasteiger partial charge is 0.335 e. The lowest BCUT2D eigenvalue weighted by Gasteiger charge is -2.10. The molecule has 0 spiro atoms. The third kappa shape index (κ3) is 5.64. The molecule has 4 rings (SSSR count). The van der Waals surface area contributed by atoms with Crippen LogP contribution in [0.25, 0.3) is 10.9 Å². The maximum absolute atomic E-state index is 12.8. The van der Waals surface area contributed by atoms with E-state index in [4.69, 9.17) is 14.6 Å². The number of aromatic carboxylic acids is 1. The molecule has 9 nitrogen and oxygen atoms in total. The molecule has 178 valence electrons. The molecule has 1 aromatic heterocycles. The number of aromatic nitrogens is 2. The Hall–Kier alpha value is -4.66.